The Morgan fingerprint density at radius 1 is 1.35 bits per heavy atom. The molecular formula is C13H15F4NO2. The Hall–Kier alpha value is -1.34. The molecule has 3 nitrogen and oxygen atoms in total. The van der Waals surface area contributed by atoms with Crippen molar-refractivity contribution < 1.29 is 27.4 Å². The molecule has 7 heteroatoms. The third-order valence-electron chi connectivity index (χ3n) is 3.47. The van der Waals surface area contributed by atoms with Crippen LogP contribution >= 0.6 is 0 Å². The second kappa shape index (κ2) is 5.21. The molecule has 0 saturated heterocycles. The highest BCUT2D eigenvalue weighted by atomic mass is 19.4. The summed E-state index contributed by atoms with van der Waals surface area (Å²) >= 11 is 0. The topological polar surface area (TPSA) is 55.5 Å². The summed E-state index contributed by atoms with van der Waals surface area (Å²) in [4.78, 5) is 0. The third-order valence-corrected chi connectivity index (χ3v) is 3.47. The van der Waals surface area contributed by atoms with E-state index in [0.29, 0.717) is 19.3 Å². The second-order valence-corrected chi connectivity index (χ2v) is 5.10. The van der Waals surface area contributed by atoms with Crippen molar-refractivity contribution in [2.75, 3.05) is 0 Å². The number of nitrogens with two attached hydrogens (primary N) is 1. The molecule has 2 atom stereocenters. The van der Waals surface area contributed by atoms with Crippen LogP contribution in [-0.2, 0) is 5.54 Å². The highest BCUT2D eigenvalue weighted by Crippen LogP contribution is 2.38. The number of halogens is 4. The van der Waals surface area contributed by atoms with Gasteiger partial charge < -0.3 is 15.6 Å². The summed E-state index contributed by atoms with van der Waals surface area (Å²) in [5, 5.41) is 9.64. The quantitative estimate of drug-likeness (QED) is 0.824. The van der Waals surface area contributed by atoms with Crippen molar-refractivity contribution >= 4 is 0 Å². The SMILES string of the molecule is NC1(c2cc(OC(F)(F)F)ccc2F)CCCC(O)C1. The van der Waals surface area contributed by atoms with Crippen LogP contribution in [0.3, 0.4) is 0 Å². The Bertz CT molecular complexity index is 492. The summed E-state index contributed by atoms with van der Waals surface area (Å²) < 4.78 is 54.2. The Balaban J connectivity index is 2.32. The Labute approximate surface area is 113 Å². The maximum Gasteiger partial charge on any atom is 0.573 e. The molecule has 1 aliphatic carbocycles. The van der Waals surface area contributed by atoms with Crippen LogP contribution in [0.25, 0.3) is 0 Å². The molecule has 1 saturated carbocycles. The van der Waals surface area contributed by atoms with Gasteiger partial charge in [0.15, 0.2) is 0 Å². The molecule has 20 heavy (non-hydrogen) atoms. The molecular weight excluding hydrogens is 278 g/mol. The molecule has 0 aromatic heterocycles. The van der Waals surface area contributed by atoms with Crippen molar-refractivity contribution in [1.29, 1.82) is 0 Å². The van der Waals surface area contributed by atoms with E-state index in [0.717, 1.165) is 18.2 Å². The molecule has 0 spiro atoms. The Morgan fingerprint density at radius 2 is 2.05 bits per heavy atom. The summed E-state index contributed by atoms with van der Waals surface area (Å²) in [5.41, 5.74) is 4.84. The highest BCUT2D eigenvalue weighted by molar-refractivity contribution is 5.35. The van der Waals surface area contributed by atoms with Crippen molar-refractivity contribution in [3.05, 3.63) is 29.6 Å². The monoisotopic (exact) mass is 293 g/mol. The predicted molar refractivity (Wildman–Crippen MR) is 63.4 cm³/mol. The summed E-state index contributed by atoms with van der Waals surface area (Å²) in [6, 6.07) is 2.75. The molecule has 2 unspecified atom stereocenters. The summed E-state index contributed by atoms with van der Waals surface area (Å²) in [5.74, 6) is -1.21. The van der Waals surface area contributed by atoms with Crippen LogP contribution in [0.4, 0.5) is 17.6 Å². The fraction of sp³-hybridized carbons (Fsp3) is 0.538. The molecule has 0 radical (unpaired) electrons. The van der Waals surface area contributed by atoms with Crippen LogP contribution in [0.1, 0.15) is 31.2 Å². The van der Waals surface area contributed by atoms with Gasteiger partial charge in [0.2, 0.25) is 0 Å². The molecule has 1 aromatic rings. The van der Waals surface area contributed by atoms with Crippen LogP contribution in [0.15, 0.2) is 18.2 Å². The molecule has 0 heterocycles. The van der Waals surface area contributed by atoms with Crippen molar-refractivity contribution in [2.45, 2.75) is 43.7 Å². The van der Waals surface area contributed by atoms with E-state index >= 15 is 0 Å². The van der Waals surface area contributed by atoms with Gasteiger partial charge in [-0.15, -0.1) is 13.2 Å². The first-order valence-corrected chi connectivity index (χ1v) is 6.22. The summed E-state index contributed by atoms with van der Waals surface area (Å²) in [7, 11) is 0. The molecule has 1 aliphatic rings. The average molecular weight is 293 g/mol. The van der Waals surface area contributed by atoms with E-state index in [-0.39, 0.29) is 12.0 Å². The molecule has 2 rings (SSSR count). The lowest BCUT2D eigenvalue weighted by Crippen LogP contribution is -2.43. The third kappa shape index (κ3) is 3.40. The van der Waals surface area contributed by atoms with Gasteiger partial charge in [0, 0.05) is 11.1 Å². The minimum Gasteiger partial charge on any atom is -0.406 e. The van der Waals surface area contributed by atoms with Crippen LogP contribution in [-0.4, -0.2) is 17.6 Å². The van der Waals surface area contributed by atoms with Gasteiger partial charge in [-0.05, 0) is 43.9 Å². The molecule has 1 aromatic carbocycles. The van der Waals surface area contributed by atoms with Gasteiger partial charge in [0.25, 0.3) is 0 Å². The van der Waals surface area contributed by atoms with E-state index in [9.17, 15) is 22.7 Å². The van der Waals surface area contributed by atoms with Crippen LogP contribution in [0, 0.1) is 5.82 Å². The Morgan fingerprint density at radius 3 is 2.65 bits per heavy atom. The lowest BCUT2D eigenvalue weighted by atomic mass is 9.76. The second-order valence-electron chi connectivity index (χ2n) is 5.10. The fourth-order valence-corrected chi connectivity index (χ4v) is 2.61. The van der Waals surface area contributed by atoms with E-state index in [2.05, 4.69) is 4.74 Å². The summed E-state index contributed by atoms with van der Waals surface area (Å²) in [6.45, 7) is 0. The number of hydrogen-bond donors (Lipinski definition) is 2. The number of rotatable bonds is 2. The van der Waals surface area contributed by atoms with Crippen LogP contribution in [0.2, 0.25) is 0 Å². The predicted octanol–water partition coefficient (Wildman–Crippen LogP) is 2.81. The van der Waals surface area contributed by atoms with Crippen LogP contribution < -0.4 is 10.5 Å². The molecule has 0 bridgehead atoms. The normalized spacial score (nSPS) is 27.4. The fourth-order valence-electron chi connectivity index (χ4n) is 2.61. The first-order chi connectivity index (χ1) is 9.20. The van der Waals surface area contributed by atoms with Crippen molar-refractivity contribution in [3.63, 3.8) is 0 Å². The zero-order valence-corrected chi connectivity index (χ0v) is 10.6. The minimum atomic E-state index is -4.84. The maximum atomic E-state index is 13.9. The van der Waals surface area contributed by atoms with Gasteiger partial charge in [0.1, 0.15) is 11.6 Å². The lowest BCUT2D eigenvalue weighted by Gasteiger charge is -2.36. The van der Waals surface area contributed by atoms with Gasteiger partial charge in [-0.25, -0.2) is 4.39 Å². The smallest absolute Gasteiger partial charge is 0.406 e. The maximum absolute atomic E-state index is 13.9. The number of aliphatic hydroxyl groups is 1. The largest absolute Gasteiger partial charge is 0.573 e. The first-order valence-electron chi connectivity index (χ1n) is 6.22. The van der Waals surface area contributed by atoms with E-state index in [1.54, 1.807) is 0 Å². The number of alkyl halides is 3. The molecule has 0 amide bonds. The number of benzene rings is 1. The van der Waals surface area contributed by atoms with Crippen molar-refractivity contribution in [3.8, 4) is 5.75 Å². The van der Waals surface area contributed by atoms with E-state index < -0.39 is 29.6 Å². The van der Waals surface area contributed by atoms with E-state index in [1.807, 2.05) is 0 Å². The van der Waals surface area contributed by atoms with Crippen molar-refractivity contribution in [1.82, 2.24) is 0 Å². The molecule has 1 fully saturated rings. The van der Waals surface area contributed by atoms with E-state index in [1.165, 1.54) is 0 Å². The minimum absolute atomic E-state index is 0.0574. The van der Waals surface area contributed by atoms with Gasteiger partial charge in [-0.2, -0.15) is 0 Å². The number of ether oxygens (including phenoxy) is 1. The number of hydrogen-bond acceptors (Lipinski definition) is 3. The highest BCUT2D eigenvalue weighted by Gasteiger charge is 2.37. The standard InChI is InChI=1S/C13H15F4NO2/c14-11-4-3-9(20-13(15,16)17)6-10(11)12(18)5-1-2-8(19)7-12/h3-4,6,8,19H,1-2,5,7,18H2. The van der Waals surface area contributed by atoms with Gasteiger partial charge in [-0.1, -0.05) is 0 Å². The van der Waals surface area contributed by atoms with E-state index in [4.69, 9.17) is 5.73 Å². The first kappa shape index (κ1) is 15.1. The van der Waals surface area contributed by atoms with Gasteiger partial charge >= 0.3 is 6.36 Å². The zero-order valence-electron chi connectivity index (χ0n) is 10.6. The zero-order chi connectivity index (χ0) is 15.0. The number of aliphatic hydroxyl groups excluding tert-OH is 1. The van der Waals surface area contributed by atoms with Crippen LogP contribution in [0.5, 0.6) is 5.75 Å². The van der Waals surface area contributed by atoms with Gasteiger partial charge in [-0.3, -0.25) is 0 Å². The van der Waals surface area contributed by atoms with Gasteiger partial charge in [0.05, 0.1) is 6.10 Å². The molecule has 112 valence electrons. The van der Waals surface area contributed by atoms with Crippen molar-refractivity contribution in [2.24, 2.45) is 5.73 Å². The average Bonchev–Trinajstić information content (AvgIpc) is 2.29. The summed E-state index contributed by atoms with van der Waals surface area (Å²) in [6.07, 6.45) is -3.88. The Kier molecular flexibility index (Phi) is 3.93. The molecule has 3 N–H and O–H groups in total. The lowest BCUT2D eigenvalue weighted by molar-refractivity contribution is -0.274. The molecule has 0 aliphatic heterocycles.